The van der Waals surface area contributed by atoms with Gasteiger partial charge in [0.1, 0.15) is 11.3 Å². The second kappa shape index (κ2) is 6.74. The molecule has 24 heavy (non-hydrogen) atoms. The Bertz CT molecular complexity index is 834. The third kappa shape index (κ3) is 3.25. The van der Waals surface area contributed by atoms with Crippen molar-refractivity contribution in [3.8, 4) is 5.75 Å². The highest BCUT2D eigenvalue weighted by Crippen LogP contribution is 2.24. The maximum Gasteiger partial charge on any atom is 0.260 e. The third-order valence-corrected chi connectivity index (χ3v) is 4.24. The molecule has 124 valence electrons. The molecular weight excluding hydrogens is 304 g/mol. The summed E-state index contributed by atoms with van der Waals surface area (Å²) < 4.78 is 5.17. The van der Waals surface area contributed by atoms with Gasteiger partial charge in [-0.15, -0.1) is 0 Å². The van der Waals surface area contributed by atoms with Gasteiger partial charge in [-0.25, -0.2) is 0 Å². The molecule has 2 aromatic rings. The van der Waals surface area contributed by atoms with Crippen LogP contribution in [0.25, 0.3) is 5.57 Å². The van der Waals surface area contributed by atoms with E-state index in [0.717, 1.165) is 23.4 Å². The quantitative estimate of drug-likeness (QED) is 0.944. The summed E-state index contributed by atoms with van der Waals surface area (Å²) in [5, 5.41) is 0. The van der Waals surface area contributed by atoms with Crippen LogP contribution in [0.5, 0.6) is 5.75 Å². The van der Waals surface area contributed by atoms with E-state index in [1.807, 2.05) is 30.3 Å². The number of hydrogen-bond acceptors (Lipinski definition) is 3. The summed E-state index contributed by atoms with van der Waals surface area (Å²) in [6.45, 7) is 2.90. The maximum atomic E-state index is 12.5. The largest absolute Gasteiger partial charge is 0.497 e. The lowest BCUT2D eigenvalue weighted by atomic mass is 9.99. The first-order valence-corrected chi connectivity index (χ1v) is 7.91. The molecule has 5 nitrogen and oxygen atoms in total. The smallest absolute Gasteiger partial charge is 0.260 e. The van der Waals surface area contributed by atoms with Crippen molar-refractivity contribution in [2.24, 2.45) is 0 Å². The van der Waals surface area contributed by atoms with Gasteiger partial charge in [-0.2, -0.15) is 0 Å². The van der Waals surface area contributed by atoms with Gasteiger partial charge < -0.3 is 14.6 Å². The number of ether oxygens (including phenoxy) is 1. The number of rotatable bonds is 3. The van der Waals surface area contributed by atoms with E-state index in [0.29, 0.717) is 13.1 Å². The van der Waals surface area contributed by atoms with Crippen LogP contribution in [0.15, 0.2) is 47.3 Å². The fourth-order valence-electron chi connectivity index (χ4n) is 2.83. The Labute approximate surface area is 140 Å². The predicted molar refractivity (Wildman–Crippen MR) is 93.3 cm³/mol. The topological polar surface area (TPSA) is 62.4 Å². The maximum absolute atomic E-state index is 12.5. The Hall–Kier alpha value is -2.82. The summed E-state index contributed by atoms with van der Waals surface area (Å²) in [6, 6.07) is 11.2. The first kappa shape index (κ1) is 16.1. The lowest BCUT2D eigenvalue weighted by molar-refractivity contribution is 0.0771. The Kier molecular flexibility index (Phi) is 4.51. The Morgan fingerprint density at radius 3 is 2.50 bits per heavy atom. The van der Waals surface area contributed by atoms with Gasteiger partial charge >= 0.3 is 0 Å². The van der Waals surface area contributed by atoms with Gasteiger partial charge in [0.2, 0.25) is 0 Å². The number of hydrogen-bond donors (Lipinski definition) is 1. The number of amides is 1. The molecule has 3 rings (SSSR count). The van der Waals surface area contributed by atoms with Crippen molar-refractivity contribution >= 4 is 11.5 Å². The molecule has 1 N–H and O–H groups in total. The van der Waals surface area contributed by atoms with Crippen molar-refractivity contribution in [1.82, 2.24) is 9.88 Å². The summed E-state index contributed by atoms with van der Waals surface area (Å²) in [7, 11) is 1.64. The molecule has 0 atom stereocenters. The van der Waals surface area contributed by atoms with Crippen molar-refractivity contribution in [3.05, 3.63) is 69.6 Å². The van der Waals surface area contributed by atoms with Gasteiger partial charge in [0.25, 0.3) is 11.5 Å². The van der Waals surface area contributed by atoms with Gasteiger partial charge in [-0.05, 0) is 48.7 Å². The van der Waals surface area contributed by atoms with Crippen LogP contribution in [0.3, 0.4) is 0 Å². The molecular formula is C19H20N2O3. The molecule has 0 unspecified atom stereocenters. The molecule has 1 aliphatic rings. The molecule has 0 fully saturated rings. The predicted octanol–water partition coefficient (Wildman–Crippen LogP) is 2.62. The highest BCUT2D eigenvalue weighted by molar-refractivity contribution is 5.94. The van der Waals surface area contributed by atoms with E-state index < -0.39 is 0 Å². The molecule has 0 saturated heterocycles. The number of carbonyl (C=O) groups excluding carboxylic acids is 1. The van der Waals surface area contributed by atoms with E-state index in [9.17, 15) is 9.59 Å². The summed E-state index contributed by atoms with van der Waals surface area (Å²) in [4.78, 5) is 28.8. The van der Waals surface area contributed by atoms with E-state index in [1.165, 1.54) is 5.57 Å². The second-order valence-electron chi connectivity index (χ2n) is 5.84. The van der Waals surface area contributed by atoms with Crippen molar-refractivity contribution in [2.45, 2.75) is 13.3 Å². The minimum absolute atomic E-state index is 0.196. The number of aromatic nitrogens is 1. The van der Waals surface area contributed by atoms with Crippen molar-refractivity contribution in [1.29, 1.82) is 0 Å². The summed E-state index contributed by atoms with van der Waals surface area (Å²) in [5.74, 6) is 0.604. The van der Waals surface area contributed by atoms with E-state index >= 15 is 0 Å². The van der Waals surface area contributed by atoms with E-state index in [1.54, 1.807) is 31.1 Å². The SMILES string of the molecule is COc1ccc(C2=CCN(C(=O)c3ccc(C)[nH]c3=O)CC2)cc1. The number of pyridine rings is 1. The van der Waals surface area contributed by atoms with Crippen LogP contribution in [0.1, 0.15) is 28.0 Å². The molecule has 0 bridgehead atoms. The van der Waals surface area contributed by atoms with Crippen molar-refractivity contribution in [3.63, 3.8) is 0 Å². The average Bonchev–Trinajstić information content (AvgIpc) is 2.61. The zero-order valence-electron chi connectivity index (χ0n) is 13.8. The van der Waals surface area contributed by atoms with Gasteiger partial charge in [0.05, 0.1) is 7.11 Å². The molecule has 0 spiro atoms. The molecule has 0 saturated carbocycles. The molecule has 1 amide bonds. The van der Waals surface area contributed by atoms with E-state index in [2.05, 4.69) is 4.98 Å². The van der Waals surface area contributed by atoms with Crippen LogP contribution in [0.2, 0.25) is 0 Å². The highest BCUT2D eigenvalue weighted by atomic mass is 16.5. The van der Waals surface area contributed by atoms with Crippen LogP contribution in [-0.4, -0.2) is 36.0 Å². The summed E-state index contributed by atoms with van der Waals surface area (Å²) in [6.07, 6.45) is 2.81. The molecule has 1 aliphatic heterocycles. The number of carbonyl (C=O) groups is 1. The van der Waals surface area contributed by atoms with E-state index in [-0.39, 0.29) is 17.0 Å². The molecule has 5 heteroatoms. The van der Waals surface area contributed by atoms with Crippen LogP contribution in [0.4, 0.5) is 0 Å². The molecule has 0 radical (unpaired) electrons. The number of H-pyrrole nitrogens is 1. The Morgan fingerprint density at radius 1 is 1.17 bits per heavy atom. The van der Waals surface area contributed by atoms with Crippen LogP contribution >= 0.6 is 0 Å². The van der Waals surface area contributed by atoms with Crippen molar-refractivity contribution in [2.75, 3.05) is 20.2 Å². The number of methoxy groups -OCH3 is 1. The highest BCUT2D eigenvalue weighted by Gasteiger charge is 2.21. The van der Waals surface area contributed by atoms with Gasteiger partial charge in [-0.1, -0.05) is 18.2 Å². The minimum Gasteiger partial charge on any atom is -0.497 e. The molecule has 1 aromatic heterocycles. The zero-order valence-corrected chi connectivity index (χ0v) is 13.8. The second-order valence-corrected chi connectivity index (χ2v) is 5.84. The average molecular weight is 324 g/mol. The Balaban J connectivity index is 1.74. The first-order valence-electron chi connectivity index (χ1n) is 7.91. The number of nitrogens with one attached hydrogen (secondary N) is 1. The Morgan fingerprint density at radius 2 is 1.92 bits per heavy atom. The van der Waals surface area contributed by atoms with Gasteiger partial charge in [0.15, 0.2) is 0 Å². The fourth-order valence-corrected chi connectivity index (χ4v) is 2.83. The minimum atomic E-state index is -0.329. The van der Waals surface area contributed by atoms with E-state index in [4.69, 9.17) is 4.74 Å². The van der Waals surface area contributed by atoms with Crippen LogP contribution < -0.4 is 10.3 Å². The standard InChI is InChI=1S/C19H20N2O3/c1-13-3-8-17(18(22)20-13)19(23)21-11-9-15(10-12-21)14-4-6-16(24-2)7-5-14/h3-9H,10-12H2,1-2H3,(H,20,22). The van der Waals surface area contributed by atoms with Gasteiger partial charge in [0, 0.05) is 18.8 Å². The summed E-state index contributed by atoms with van der Waals surface area (Å²) in [5.41, 5.74) is 2.96. The summed E-state index contributed by atoms with van der Waals surface area (Å²) >= 11 is 0. The first-order chi connectivity index (χ1) is 11.6. The monoisotopic (exact) mass is 324 g/mol. The van der Waals surface area contributed by atoms with Crippen LogP contribution in [-0.2, 0) is 0 Å². The number of benzene rings is 1. The lowest BCUT2D eigenvalue weighted by Gasteiger charge is -2.26. The zero-order chi connectivity index (χ0) is 17.1. The lowest BCUT2D eigenvalue weighted by Crippen LogP contribution is -2.37. The number of nitrogens with zero attached hydrogens (tertiary/aromatic N) is 1. The van der Waals surface area contributed by atoms with Gasteiger partial charge in [-0.3, -0.25) is 9.59 Å². The number of aryl methyl sites for hydroxylation is 1. The molecule has 1 aromatic carbocycles. The van der Waals surface area contributed by atoms with Crippen molar-refractivity contribution < 1.29 is 9.53 Å². The molecule has 0 aliphatic carbocycles. The molecule has 2 heterocycles. The fraction of sp³-hybridized carbons (Fsp3) is 0.263. The number of aromatic amines is 1. The van der Waals surface area contributed by atoms with Crippen LogP contribution in [0, 0.1) is 6.92 Å². The third-order valence-electron chi connectivity index (χ3n) is 4.24. The normalized spacial score (nSPS) is 14.2.